The molecule has 112 valence electrons. The standard InChI is InChI=1S/C15H17FN2O2S/c1-2-11-17-13-5-7-14(8-6-13)18-21(19,20)15-9-3-12(16)4-10-15/h3-10,17-18H,2,11H2,1H3. The third-order valence-electron chi connectivity index (χ3n) is 2.84. The Morgan fingerprint density at radius 3 is 2.10 bits per heavy atom. The molecule has 2 aromatic rings. The van der Waals surface area contributed by atoms with Crippen molar-refractivity contribution in [1.82, 2.24) is 0 Å². The van der Waals surface area contributed by atoms with Crippen LogP contribution < -0.4 is 10.0 Å². The van der Waals surface area contributed by atoms with Crippen LogP contribution in [0.1, 0.15) is 13.3 Å². The van der Waals surface area contributed by atoms with E-state index in [4.69, 9.17) is 0 Å². The average molecular weight is 308 g/mol. The van der Waals surface area contributed by atoms with E-state index in [2.05, 4.69) is 17.0 Å². The SMILES string of the molecule is CCCNc1ccc(NS(=O)(=O)c2ccc(F)cc2)cc1. The Labute approximate surface area is 124 Å². The Hall–Kier alpha value is -2.08. The monoisotopic (exact) mass is 308 g/mol. The maximum absolute atomic E-state index is 12.8. The molecule has 0 spiro atoms. The smallest absolute Gasteiger partial charge is 0.261 e. The molecule has 2 N–H and O–H groups in total. The quantitative estimate of drug-likeness (QED) is 0.859. The van der Waals surface area contributed by atoms with Crippen LogP contribution in [-0.4, -0.2) is 15.0 Å². The maximum Gasteiger partial charge on any atom is 0.261 e. The highest BCUT2D eigenvalue weighted by molar-refractivity contribution is 7.92. The minimum Gasteiger partial charge on any atom is -0.385 e. The molecule has 0 aliphatic heterocycles. The highest BCUT2D eigenvalue weighted by Gasteiger charge is 2.13. The van der Waals surface area contributed by atoms with E-state index in [1.807, 2.05) is 0 Å². The molecule has 2 aromatic carbocycles. The van der Waals surface area contributed by atoms with Crippen molar-refractivity contribution in [3.8, 4) is 0 Å². The highest BCUT2D eigenvalue weighted by Crippen LogP contribution is 2.18. The molecule has 21 heavy (non-hydrogen) atoms. The molecule has 0 heterocycles. The van der Waals surface area contributed by atoms with E-state index in [-0.39, 0.29) is 4.90 Å². The summed E-state index contributed by atoms with van der Waals surface area (Å²) in [5.41, 5.74) is 1.39. The van der Waals surface area contributed by atoms with Gasteiger partial charge < -0.3 is 5.32 Å². The number of benzene rings is 2. The number of hydrogen-bond acceptors (Lipinski definition) is 3. The van der Waals surface area contributed by atoms with Gasteiger partial charge in [-0.05, 0) is 55.0 Å². The lowest BCUT2D eigenvalue weighted by Gasteiger charge is -2.09. The van der Waals surface area contributed by atoms with Gasteiger partial charge in [-0.2, -0.15) is 0 Å². The van der Waals surface area contributed by atoms with Gasteiger partial charge in [0.25, 0.3) is 10.0 Å². The van der Waals surface area contributed by atoms with Crippen LogP contribution in [0.15, 0.2) is 53.4 Å². The first-order chi connectivity index (χ1) is 10.0. The zero-order valence-electron chi connectivity index (χ0n) is 11.6. The van der Waals surface area contributed by atoms with Gasteiger partial charge in [0, 0.05) is 17.9 Å². The van der Waals surface area contributed by atoms with Gasteiger partial charge in [0.15, 0.2) is 0 Å². The Balaban J connectivity index is 2.11. The van der Waals surface area contributed by atoms with E-state index in [1.54, 1.807) is 24.3 Å². The number of rotatable bonds is 6. The fourth-order valence-electron chi connectivity index (χ4n) is 1.75. The van der Waals surface area contributed by atoms with E-state index in [1.165, 1.54) is 12.1 Å². The van der Waals surface area contributed by atoms with Crippen LogP contribution in [0.4, 0.5) is 15.8 Å². The second-order valence-corrected chi connectivity index (χ2v) is 6.25. The van der Waals surface area contributed by atoms with Gasteiger partial charge in [0.2, 0.25) is 0 Å². The molecule has 0 atom stereocenters. The molecule has 0 saturated heterocycles. The molecule has 2 rings (SSSR count). The van der Waals surface area contributed by atoms with Crippen LogP contribution in [0.5, 0.6) is 0 Å². The highest BCUT2D eigenvalue weighted by atomic mass is 32.2. The lowest BCUT2D eigenvalue weighted by Crippen LogP contribution is -2.12. The number of halogens is 1. The van der Waals surface area contributed by atoms with Crippen molar-refractivity contribution in [1.29, 1.82) is 0 Å². The maximum atomic E-state index is 12.8. The minimum absolute atomic E-state index is 0.0251. The summed E-state index contributed by atoms with van der Waals surface area (Å²) in [5.74, 6) is -0.472. The van der Waals surface area contributed by atoms with Crippen molar-refractivity contribution in [2.24, 2.45) is 0 Å². The molecule has 0 fully saturated rings. The lowest BCUT2D eigenvalue weighted by atomic mass is 10.3. The molecule has 0 saturated carbocycles. The first-order valence-corrected chi connectivity index (χ1v) is 8.12. The normalized spacial score (nSPS) is 11.1. The summed E-state index contributed by atoms with van der Waals surface area (Å²) in [7, 11) is -3.70. The van der Waals surface area contributed by atoms with Gasteiger partial charge in [0.1, 0.15) is 5.82 Å². The van der Waals surface area contributed by atoms with E-state index in [9.17, 15) is 12.8 Å². The third kappa shape index (κ3) is 4.19. The molecule has 0 amide bonds. The van der Waals surface area contributed by atoms with E-state index >= 15 is 0 Å². The second-order valence-electron chi connectivity index (χ2n) is 4.56. The summed E-state index contributed by atoms with van der Waals surface area (Å²) < 4.78 is 39.5. The van der Waals surface area contributed by atoms with Crippen LogP contribution in [0.2, 0.25) is 0 Å². The third-order valence-corrected chi connectivity index (χ3v) is 4.24. The Morgan fingerprint density at radius 2 is 1.52 bits per heavy atom. The molecular formula is C15H17FN2O2S. The second kappa shape index (κ2) is 6.58. The van der Waals surface area contributed by atoms with Crippen LogP contribution in [0.25, 0.3) is 0 Å². The van der Waals surface area contributed by atoms with Crippen molar-refractivity contribution >= 4 is 21.4 Å². The van der Waals surface area contributed by atoms with E-state index in [0.717, 1.165) is 30.8 Å². The van der Waals surface area contributed by atoms with Gasteiger partial charge >= 0.3 is 0 Å². The zero-order valence-corrected chi connectivity index (χ0v) is 12.5. The fraction of sp³-hybridized carbons (Fsp3) is 0.200. The van der Waals surface area contributed by atoms with Crippen molar-refractivity contribution in [2.45, 2.75) is 18.2 Å². The van der Waals surface area contributed by atoms with Crippen LogP contribution in [0, 0.1) is 5.82 Å². The summed E-state index contributed by atoms with van der Waals surface area (Å²) in [6, 6.07) is 11.7. The average Bonchev–Trinajstić information content (AvgIpc) is 2.47. The van der Waals surface area contributed by atoms with E-state index in [0.29, 0.717) is 5.69 Å². The Kier molecular flexibility index (Phi) is 4.80. The minimum atomic E-state index is -3.70. The van der Waals surface area contributed by atoms with Crippen LogP contribution in [0.3, 0.4) is 0 Å². The number of nitrogens with one attached hydrogen (secondary N) is 2. The molecule has 0 aliphatic rings. The number of sulfonamides is 1. The predicted octanol–water partition coefficient (Wildman–Crippen LogP) is 3.45. The fourth-order valence-corrected chi connectivity index (χ4v) is 2.81. The summed E-state index contributed by atoms with van der Waals surface area (Å²) in [5, 5.41) is 3.20. The van der Waals surface area contributed by atoms with Crippen molar-refractivity contribution in [3.05, 3.63) is 54.3 Å². The number of anilines is 2. The predicted molar refractivity (Wildman–Crippen MR) is 82.4 cm³/mol. The Bertz CT molecular complexity index is 683. The molecule has 6 heteroatoms. The van der Waals surface area contributed by atoms with Crippen LogP contribution in [-0.2, 0) is 10.0 Å². The molecule has 0 aliphatic carbocycles. The first kappa shape index (κ1) is 15.3. The van der Waals surface area contributed by atoms with Crippen molar-refractivity contribution < 1.29 is 12.8 Å². The summed E-state index contributed by atoms with van der Waals surface area (Å²) >= 11 is 0. The topological polar surface area (TPSA) is 58.2 Å². The molecule has 0 radical (unpaired) electrons. The van der Waals surface area contributed by atoms with Gasteiger partial charge in [-0.3, -0.25) is 4.72 Å². The summed E-state index contributed by atoms with van der Waals surface area (Å²) in [6.45, 7) is 2.93. The summed E-state index contributed by atoms with van der Waals surface area (Å²) in [6.07, 6.45) is 1.01. The zero-order chi connectivity index (χ0) is 15.3. The van der Waals surface area contributed by atoms with Gasteiger partial charge in [-0.15, -0.1) is 0 Å². The molecule has 0 bridgehead atoms. The lowest BCUT2D eigenvalue weighted by molar-refractivity contribution is 0.599. The van der Waals surface area contributed by atoms with Gasteiger partial charge in [-0.25, -0.2) is 12.8 Å². The molecule has 0 unspecified atom stereocenters. The number of hydrogen-bond donors (Lipinski definition) is 2. The molecule has 4 nitrogen and oxygen atoms in total. The first-order valence-electron chi connectivity index (χ1n) is 6.63. The van der Waals surface area contributed by atoms with E-state index < -0.39 is 15.8 Å². The largest absolute Gasteiger partial charge is 0.385 e. The summed E-state index contributed by atoms with van der Waals surface area (Å²) in [4.78, 5) is 0.0251. The Morgan fingerprint density at radius 1 is 0.952 bits per heavy atom. The molecule has 0 aromatic heterocycles. The van der Waals surface area contributed by atoms with Gasteiger partial charge in [0.05, 0.1) is 4.90 Å². The van der Waals surface area contributed by atoms with Gasteiger partial charge in [-0.1, -0.05) is 6.92 Å². The molecular weight excluding hydrogens is 291 g/mol. The van der Waals surface area contributed by atoms with Crippen LogP contribution >= 0.6 is 0 Å². The van der Waals surface area contributed by atoms with Crippen molar-refractivity contribution in [3.63, 3.8) is 0 Å². The van der Waals surface area contributed by atoms with Crippen molar-refractivity contribution in [2.75, 3.05) is 16.6 Å².